The smallest absolute Gasteiger partial charge is 0.273 e. The Kier molecular flexibility index (Phi) is 5.27. The molecule has 2 N–H and O–H groups in total. The molecule has 2 aliphatic carbocycles. The van der Waals surface area contributed by atoms with Crippen LogP contribution >= 0.6 is 0 Å². The number of ether oxygens (including phenoxy) is 2. The lowest BCUT2D eigenvalue weighted by molar-refractivity contribution is -0.0828. The summed E-state index contributed by atoms with van der Waals surface area (Å²) in [7, 11) is 1.69. The number of hydrogen-bond acceptors (Lipinski definition) is 7. The van der Waals surface area contributed by atoms with Crippen molar-refractivity contribution < 1.29 is 18.7 Å². The molecule has 0 bridgehead atoms. The van der Waals surface area contributed by atoms with E-state index in [4.69, 9.17) is 25.3 Å². The molecule has 5 aliphatic rings. The molecule has 3 unspecified atom stereocenters. The zero-order valence-electron chi connectivity index (χ0n) is 25.1. The lowest BCUT2D eigenvalue weighted by Gasteiger charge is -2.35. The number of nitrogen functional groups attached to an aromatic ring is 1. The summed E-state index contributed by atoms with van der Waals surface area (Å²) in [6.07, 6.45) is 3.93. The lowest BCUT2D eigenvalue weighted by atomic mass is 9.93. The number of carbonyl (C=O) groups excluding carboxylic acids is 1. The summed E-state index contributed by atoms with van der Waals surface area (Å²) in [5, 5.41) is 4.85. The average molecular weight is 595 g/mol. The Morgan fingerprint density at radius 2 is 2.00 bits per heavy atom. The quantitative estimate of drug-likeness (QED) is 0.256. The largest absolute Gasteiger partial charge is 0.397 e. The molecule has 2 saturated carbocycles. The third kappa shape index (κ3) is 3.43. The number of methoxy groups -OCH3 is 1. The molecule has 1 amide bonds. The molecule has 9 nitrogen and oxygen atoms in total. The van der Waals surface area contributed by atoms with Crippen LogP contribution in [0.3, 0.4) is 0 Å². The van der Waals surface area contributed by atoms with Gasteiger partial charge < -0.3 is 25.0 Å². The summed E-state index contributed by atoms with van der Waals surface area (Å²) in [5.74, 6) is -0.621. The first kappa shape index (κ1) is 26.4. The van der Waals surface area contributed by atoms with Crippen molar-refractivity contribution in [1.29, 1.82) is 0 Å². The van der Waals surface area contributed by atoms with E-state index >= 15 is 4.39 Å². The van der Waals surface area contributed by atoms with E-state index < -0.39 is 5.79 Å². The van der Waals surface area contributed by atoms with E-state index in [2.05, 4.69) is 24.0 Å². The van der Waals surface area contributed by atoms with Crippen molar-refractivity contribution >= 4 is 22.9 Å². The number of nitrogens with zero attached hydrogens (tertiary/aromatic N) is 5. The zero-order chi connectivity index (χ0) is 30.1. The maximum atomic E-state index is 16.0. The fourth-order valence-corrected chi connectivity index (χ4v) is 8.15. The Bertz CT molecular complexity index is 1900. The summed E-state index contributed by atoms with van der Waals surface area (Å²) in [6.45, 7) is 6.07. The number of hydrogen-bond donors (Lipinski definition) is 1. The summed E-state index contributed by atoms with van der Waals surface area (Å²) >= 11 is 0. The van der Waals surface area contributed by atoms with E-state index in [-0.39, 0.29) is 29.3 Å². The Hall–Kier alpha value is -4.02. The minimum atomic E-state index is -0.455. The molecule has 5 heterocycles. The molecule has 1 spiro atoms. The van der Waals surface area contributed by atoms with Gasteiger partial charge >= 0.3 is 0 Å². The van der Waals surface area contributed by atoms with E-state index in [0.29, 0.717) is 52.0 Å². The number of fused-ring (bicyclic) bond motifs is 5. The van der Waals surface area contributed by atoms with Crippen molar-refractivity contribution in [2.45, 2.75) is 63.4 Å². The van der Waals surface area contributed by atoms with Crippen molar-refractivity contribution in [3.63, 3.8) is 0 Å². The Morgan fingerprint density at radius 1 is 1.18 bits per heavy atom. The zero-order valence-corrected chi connectivity index (χ0v) is 25.1. The number of carbonyl (C=O) groups is 1. The molecule has 3 aliphatic heterocycles. The van der Waals surface area contributed by atoms with Gasteiger partial charge in [-0.05, 0) is 68.4 Å². The topological polar surface area (TPSA) is 102 Å². The van der Waals surface area contributed by atoms with Crippen LogP contribution in [0.5, 0.6) is 0 Å². The molecule has 226 valence electrons. The number of epoxide rings is 1. The van der Waals surface area contributed by atoms with Gasteiger partial charge in [-0.2, -0.15) is 5.10 Å². The highest BCUT2D eigenvalue weighted by atomic mass is 19.1. The predicted molar refractivity (Wildman–Crippen MR) is 163 cm³/mol. The standard InChI is InChI=1S/C34H35FN6O3/c1-18-29(23(35)14-27(30(18)36)39-13-11-33(17-39)32-34(33,43-3)44-32)24-16-28-37-25(15-26(21-8-9-21)41(28)38-24)31(42)40-12-10-20-6-4-5-7-22(20)19(40)2/h4-7,14-16,19,21,32H,8-13,17,36H2,1-3H3/t19-,32?,33?,34?/m1/s1. The minimum Gasteiger partial charge on any atom is -0.397 e. The van der Waals surface area contributed by atoms with E-state index in [0.717, 1.165) is 44.5 Å². The monoisotopic (exact) mass is 594 g/mol. The van der Waals surface area contributed by atoms with Gasteiger partial charge in [-0.25, -0.2) is 13.9 Å². The van der Waals surface area contributed by atoms with Crippen molar-refractivity contribution in [2.75, 3.05) is 37.4 Å². The van der Waals surface area contributed by atoms with Gasteiger partial charge in [-0.15, -0.1) is 0 Å². The molecule has 10 heteroatoms. The fraction of sp³-hybridized carbons (Fsp3) is 0.441. The molecule has 4 aromatic rings. The van der Waals surface area contributed by atoms with Crippen LogP contribution in [0.1, 0.15) is 71.0 Å². The Balaban J connectivity index is 1.06. The molecule has 4 atom stereocenters. The average Bonchev–Trinajstić information content (AvgIpc) is 3.98. The normalized spacial score (nSPS) is 28.5. The summed E-state index contributed by atoms with van der Waals surface area (Å²) in [4.78, 5) is 22.8. The summed E-state index contributed by atoms with van der Waals surface area (Å²) in [5.41, 5.74) is 13.7. The van der Waals surface area contributed by atoms with E-state index in [9.17, 15) is 4.79 Å². The first-order valence-corrected chi connectivity index (χ1v) is 15.6. The maximum absolute atomic E-state index is 16.0. The van der Waals surface area contributed by atoms with Crippen LogP contribution in [0.2, 0.25) is 0 Å². The van der Waals surface area contributed by atoms with Crippen LogP contribution in [-0.2, 0) is 15.9 Å². The second kappa shape index (κ2) is 8.79. The second-order valence-electron chi connectivity index (χ2n) is 13.3. The SMILES string of the molecule is COC12OC1C21CCN(c2cc(F)c(-c3cc4nc(C(=O)N5CCc6ccccc6[C@H]5C)cc(C5CC5)n4n3)c(C)c2N)C1. The molecule has 2 aromatic heterocycles. The Morgan fingerprint density at radius 3 is 2.75 bits per heavy atom. The van der Waals surface area contributed by atoms with Crippen molar-refractivity contribution in [2.24, 2.45) is 5.41 Å². The molecule has 44 heavy (non-hydrogen) atoms. The number of nitrogens with two attached hydrogens (primary N) is 1. The van der Waals surface area contributed by atoms with Gasteiger partial charge in [0, 0.05) is 50.0 Å². The van der Waals surface area contributed by atoms with E-state index in [1.165, 1.54) is 17.2 Å². The number of rotatable bonds is 5. The molecule has 9 rings (SSSR count). The van der Waals surface area contributed by atoms with Crippen LogP contribution < -0.4 is 10.6 Å². The third-order valence-corrected chi connectivity index (χ3v) is 11.0. The van der Waals surface area contributed by atoms with E-state index in [1.807, 2.05) is 30.0 Å². The van der Waals surface area contributed by atoms with Gasteiger partial charge in [0.15, 0.2) is 5.65 Å². The first-order valence-electron chi connectivity index (χ1n) is 15.6. The van der Waals surface area contributed by atoms with Gasteiger partial charge in [-0.3, -0.25) is 4.79 Å². The van der Waals surface area contributed by atoms with Gasteiger partial charge in [0.05, 0.1) is 28.5 Å². The van der Waals surface area contributed by atoms with Gasteiger partial charge in [0.2, 0.25) is 5.79 Å². The third-order valence-electron chi connectivity index (χ3n) is 11.0. The second-order valence-corrected chi connectivity index (χ2v) is 13.3. The van der Waals surface area contributed by atoms with Crippen molar-refractivity contribution in [1.82, 2.24) is 19.5 Å². The van der Waals surface area contributed by atoms with Crippen LogP contribution in [0, 0.1) is 18.2 Å². The highest BCUT2D eigenvalue weighted by Gasteiger charge is 2.95. The first-order chi connectivity index (χ1) is 21.3. The number of halogens is 1. The fourth-order valence-electron chi connectivity index (χ4n) is 8.15. The van der Waals surface area contributed by atoms with Gasteiger partial charge in [0.1, 0.15) is 17.6 Å². The lowest BCUT2D eigenvalue weighted by Crippen LogP contribution is -2.39. The number of anilines is 2. The highest BCUT2D eigenvalue weighted by molar-refractivity contribution is 5.93. The van der Waals surface area contributed by atoms with E-state index in [1.54, 1.807) is 17.7 Å². The van der Waals surface area contributed by atoms with Crippen LogP contribution in [0.15, 0.2) is 42.5 Å². The summed E-state index contributed by atoms with van der Waals surface area (Å²) in [6, 6.07) is 13.5. The van der Waals surface area contributed by atoms with Crippen LogP contribution in [0.25, 0.3) is 16.9 Å². The van der Waals surface area contributed by atoms with Crippen molar-refractivity contribution in [3.8, 4) is 11.3 Å². The molecular formula is C34H35FN6O3. The van der Waals surface area contributed by atoms with Crippen LogP contribution in [0.4, 0.5) is 15.8 Å². The van der Waals surface area contributed by atoms with Crippen LogP contribution in [-0.4, -0.2) is 64.0 Å². The molecule has 4 fully saturated rings. The molecule has 2 aromatic carbocycles. The Labute approximate surface area is 254 Å². The molecular weight excluding hydrogens is 559 g/mol. The summed E-state index contributed by atoms with van der Waals surface area (Å²) < 4.78 is 29.1. The number of amides is 1. The van der Waals surface area contributed by atoms with Gasteiger partial charge in [-0.1, -0.05) is 24.3 Å². The minimum absolute atomic E-state index is 0.0196. The molecule has 2 saturated heterocycles. The highest BCUT2D eigenvalue weighted by Crippen LogP contribution is 2.78. The molecule has 0 radical (unpaired) electrons. The predicted octanol–water partition coefficient (Wildman–Crippen LogP) is 5.01. The number of benzene rings is 2. The van der Waals surface area contributed by atoms with Crippen molar-refractivity contribution in [3.05, 3.63) is 76.4 Å². The number of aromatic nitrogens is 3. The van der Waals surface area contributed by atoms with Gasteiger partial charge in [0.25, 0.3) is 5.91 Å². The maximum Gasteiger partial charge on any atom is 0.273 e.